The summed E-state index contributed by atoms with van der Waals surface area (Å²) in [6.45, 7) is 4.94. The highest BCUT2D eigenvalue weighted by Gasteiger charge is 2.42. The van der Waals surface area contributed by atoms with Crippen LogP contribution in [-0.4, -0.2) is 27.5 Å². The van der Waals surface area contributed by atoms with E-state index in [0.717, 1.165) is 22.5 Å². The predicted molar refractivity (Wildman–Crippen MR) is 136 cm³/mol. The molecule has 0 saturated carbocycles. The van der Waals surface area contributed by atoms with Crippen LogP contribution in [0.4, 0.5) is 5.69 Å². The van der Waals surface area contributed by atoms with Gasteiger partial charge >= 0.3 is 0 Å². The number of nitrogens with zero attached hydrogens (tertiary/aromatic N) is 3. The average Bonchev–Trinajstić information content (AvgIpc) is 3.17. The van der Waals surface area contributed by atoms with Gasteiger partial charge in [0.2, 0.25) is 11.8 Å². The van der Waals surface area contributed by atoms with Crippen LogP contribution in [0.15, 0.2) is 66.7 Å². The highest BCUT2D eigenvalue weighted by Crippen LogP contribution is 2.32. The van der Waals surface area contributed by atoms with Gasteiger partial charge in [-0.25, -0.2) is 5.01 Å². The van der Waals surface area contributed by atoms with E-state index in [0.29, 0.717) is 37.2 Å². The standard InChI is InChI=1S/C28H29N5O3/c1-18-25(19(2)32(30-18)17-20-9-4-3-5-10-20)16-29-26(34)21-11-8-12-22(15-21)33-28(36)24-14-7-6-13-23(24)27(35)31-33/h3-12,15,23-24H,13-14,16-17H2,1-2H3,(H,29,34)(H,31,35)/t23-,24-/m1/s1. The lowest BCUT2D eigenvalue weighted by molar-refractivity contribution is -0.139. The molecule has 1 fully saturated rings. The molecule has 5 rings (SSSR count). The predicted octanol–water partition coefficient (Wildman–Crippen LogP) is 3.44. The summed E-state index contributed by atoms with van der Waals surface area (Å²) >= 11 is 0. The van der Waals surface area contributed by atoms with Gasteiger partial charge in [-0.3, -0.25) is 24.5 Å². The van der Waals surface area contributed by atoms with E-state index in [1.165, 1.54) is 5.01 Å². The molecular weight excluding hydrogens is 454 g/mol. The Morgan fingerprint density at radius 1 is 1.03 bits per heavy atom. The maximum Gasteiger partial charge on any atom is 0.251 e. The van der Waals surface area contributed by atoms with E-state index < -0.39 is 0 Å². The lowest BCUT2D eigenvalue weighted by Crippen LogP contribution is -2.59. The minimum atomic E-state index is -0.375. The van der Waals surface area contributed by atoms with E-state index in [-0.39, 0.29) is 29.6 Å². The van der Waals surface area contributed by atoms with Crippen molar-refractivity contribution in [1.29, 1.82) is 0 Å². The molecule has 1 saturated heterocycles. The highest BCUT2D eigenvalue weighted by molar-refractivity contribution is 6.05. The van der Waals surface area contributed by atoms with E-state index in [1.807, 2.05) is 48.9 Å². The Bertz CT molecular complexity index is 1340. The fourth-order valence-electron chi connectivity index (χ4n) is 4.94. The molecule has 0 bridgehead atoms. The van der Waals surface area contributed by atoms with E-state index in [1.54, 1.807) is 24.3 Å². The first-order chi connectivity index (χ1) is 17.4. The molecule has 1 aliphatic heterocycles. The maximum atomic E-state index is 13.1. The lowest BCUT2D eigenvalue weighted by atomic mass is 9.80. The second-order valence-corrected chi connectivity index (χ2v) is 9.33. The molecule has 0 spiro atoms. The summed E-state index contributed by atoms with van der Waals surface area (Å²) in [5, 5.41) is 8.91. The summed E-state index contributed by atoms with van der Waals surface area (Å²) in [6, 6.07) is 16.9. The van der Waals surface area contributed by atoms with Crippen LogP contribution in [0.2, 0.25) is 0 Å². The van der Waals surface area contributed by atoms with Crippen LogP contribution < -0.4 is 15.8 Å². The van der Waals surface area contributed by atoms with Crippen LogP contribution in [0.3, 0.4) is 0 Å². The number of fused-ring (bicyclic) bond motifs is 1. The number of rotatable bonds is 6. The number of hydrogen-bond acceptors (Lipinski definition) is 4. The van der Waals surface area contributed by atoms with E-state index >= 15 is 0 Å². The number of benzene rings is 2. The number of carbonyl (C=O) groups is 3. The maximum absolute atomic E-state index is 13.1. The van der Waals surface area contributed by atoms with E-state index in [9.17, 15) is 14.4 Å². The lowest BCUT2D eigenvalue weighted by Gasteiger charge is -2.38. The number of aromatic nitrogens is 2. The van der Waals surface area contributed by atoms with Crippen LogP contribution >= 0.6 is 0 Å². The topological polar surface area (TPSA) is 96.3 Å². The zero-order valence-corrected chi connectivity index (χ0v) is 20.4. The third-order valence-electron chi connectivity index (χ3n) is 7.03. The SMILES string of the molecule is Cc1nn(Cc2ccccc2)c(C)c1CNC(=O)c1cccc(N2NC(=O)[C@@H]3CC=CC[C@H]3C2=O)c1. The molecule has 3 aromatic rings. The van der Waals surface area contributed by atoms with Crippen molar-refractivity contribution in [2.45, 2.75) is 39.8 Å². The number of hydrogen-bond donors (Lipinski definition) is 2. The molecule has 2 N–H and O–H groups in total. The van der Waals surface area contributed by atoms with Crippen molar-refractivity contribution in [1.82, 2.24) is 20.5 Å². The first kappa shape index (κ1) is 23.5. The summed E-state index contributed by atoms with van der Waals surface area (Å²) in [4.78, 5) is 38.7. The fourth-order valence-corrected chi connectivity index (χ4v) is 4.94. The molecule has 8 heteroatoms. The quantitative estimate of drug-likeness (QED) is 0.525. The number of anilines is 1. The van der Waals surface area contributed by atoms with Crippen molar-refractivity contribution in [3.8, 4) is 0 Å². The molecular formula is C28H29N5O3. The zero-order chi connectivity index (χ0) is 25.2. The smallest absolute Gasteiger partial charge is 0.251 e. The molecule has 8 nitrogen and oxygen atoms in total. The van der Waals surface area contributed by atoms with Crippen LogP contribution in [0.5, 0.6) is 0 Å². The van der Waals surface area contributed by atoms with Gasteiger partial charge in [0, 0.05) is 23.4 Å². The van der Waals surface area contributed by atoms with Crippen LogP contribution in [0.25, 0.3) is 0 Å². The van der Waals surface area contributed by atoms with E-state index in [4.69, 9.17) is 0 Å². The van der Waals surface area contributed by atoms with Gasteiger partial charge in [-0.05, 0) is 50.5 Å². The minimum absolute atomic E-state index is 0.154. The molecule has 2 aromatic carbocycles. The van der Waals surface area contributed by atoms with Crippen molar-refractivity contribution < 1.29 is 14.4 Å². The second kappa shape index (κ2) is 9.81. The summed E-state index contributed by atoms with van der Waals surface area (Å²) in [6.07, 6.45) is 5.01. The number of nitrogens with one attached hydrogen (secondary N) is 2. The monoisotopic (exact) mass is 483 g/mol. The first-order valence-electron chi connectivity index (χ1n) is 12.2. The molecule has 0 radical (unpaired) electrons. The molecule has 1 aliphatic carbocycles. The van der Waals surface area contributed by atoms with Gasteiger partial charge in [0.15, 0.2) is 0 Å². The largest absolute Gasteiger partial charge is 0.348 e. The van der Waals surface area contributed by atoms with Crippen molar-refractivity contribution in [2.24, 2.45) is 11.8 Å². The van der Waals surface area contributed by atoms with Crippen molar-refractivity contribution in [3.05, 3.63) is 94.8 Å². The fraction of sp³-hybridized carbons (Fsp3) is 0.286. The summed E-state index contributed by atoms with van der Waals surface area (Å²) in [5.41, 5.74) is 7.60. The van der Waals surface area contributed by atoms with Gasteiger partial charge in [-0.1, -0.05) is 48.6 Å². The molecule has 2 atom stereocenters. The summed E-state index contributed by atoms with van der Waals surface area (Å²) < 4.78 is 1.95. The molecule has 2 heterocycles. The first-order valence-corrected chi connectivity index (χ1v) is 12.2. The molecule has 1 aromatic heterocycles. The Labute approximate surface area is 210 Å². The van der Waals surface area contributed by atoms with Crippen LogP contribution in [0.1, 0.15) is 45.7 Å². The van der Waals surface area contributed by atoms with Gasteiger partial charge in [0.1, 0.15) is 0 Å². The van der Waals surface area contributed by atoms with Crippen molar-refractivity contribution in [3.63, 3.8) is 0 Å². The molecule has 184 valence electrons. The number of hydrazine groups is 1. The van der Waals surface area contributed by atoms with Gasteiger partial charge in [0.05, 0.1) is 29.8 Å². The second-order valence-electron chi connectivity index (χ2n) is 9.33. The summed E-state index contributed by atoms with van der Waals surface area (Å²) in [5.74, 6) is -1.30. The Hall–Kier alpha value is -4.20. The van der Waals surface area contributed by atoms with Gasteiger partial charge in [-0.2, -0.15) is 5.10 Å². The van der Waals surface area contributed by atoms with Gasteiger partial charge < -0.3 is 5.32 Å². The molecule has 36 heavy (non-hydrogen) atoms. The van der Waals surface area contributed by atoms with Crippen molar-refractivity contribution in [2.75, 3.05) is 5.01 Å². The highest BCUT2D eigenvalue weighted by atomic mass is 16.2. The Morgan fingerprint density at radius 2 is 1.78 bits per heavy atom. The normalized spacial score (nSPS) is 19.1. The number of aryl methyl sites for hydroxylation is 1. The Kier molecular flexibility index (Phi) is 6.41. The third kappa shape index (κ3) is 4.54. The third-order valence-corrected chi connectivity index (χ3v) is 7.03. The average molecular weight is 484 g/mol. The minimum Gasteiger partial charge on any atom is -0.348 e. The summed E-state index contributed by atoms with van der Waals surface area (Å²) in [7, 11) is 0. The molecule has 2 aliphatic rings. The van der Waals surface area contributed by atoms with Gasteiger partial charge in [-0.15, -0.1) is 0 Å². The van der Waals surface area contributed by atoms with Crippen molar-refractivity contribution >= 4 is 23.4 Å². The number of allylic oxidation sites excluding steroid dienone is 2. The number of amides is 3. The van der Waals surface area contributed by atoms with Crippen LogP contribution in [0, 0.1) is 25.7 Å². The Balaban J connectivity index is 1.28. The van der Waals surface area contributed by atoms with Crippen LogP contribution in [-0.2, 0) is 22.7 Å². The molecule has 0 unspecified atom stereocenters. The molecule has 3 amide bonds. The van der Waals surface area contributed by atoms with E-state index in [2.05, 4.69) is 28.0 Å². The van der Waals surface area contributed by atoms with Gasteiger partial charge in [0.25, 0.3) is 5.91 Å². The zero-order valence-electron chi connectivity index (χ0n) is 20.4. The Morgan fingerprint density at radius 3 is 2.56 bits per heavy atom. The number of carbonyl (C=O) groups excluding carboxylic acids is 3.